The van der Waals surface area contributed by atoms with Gasteiger partial charge >= 0.3 is 0 Å². The van der Waals surface area contributed by atoms with Crippen LogP contribution >= 0.6 is 0 Å². The average molecular weight is 277 g/mol. The number of hydrogen-bond donors (Lipinski definition) is 2. The number of nitrogen functional groups attached to an aromatic ring is 1. The fourth-order valence-corrected chi connectivity index (χ4v) is 2.45. The second kappa shape index (κ2) is 8.59. The Morgan fingerprint density at radius 1 is 1.25 bits per heavy atom. The van der Waals surface area contributed by atoms with Crippen LogP contribution in [0.2, 0.25) is 0 Å². The number of nitrogens with one attached hydrogen (secondary N) is 1. The molecule has 0 spiro atoms. The van der Waals surface area contributed by atoms with Crippen LogP contribution in [0, 0.1) is 0 Å². The highest BCUT2D eigenvalue weighted by Crippen LogP contribution is 2.14. The Morgan fingerprint density at radius 2 is 1.90 bits per heavy atom. The molecule has 0 aliphatic heterocycles. The van der Waals surface area contributed by atoms with Crippen LogP contribution in [0.1, 0.15) is 40.0 Å². The maximum atomic E-state index is 12.5. The Labute approximate surface area is 122 Å². The van der Waals surface area contributed by atoms with Crippen molar-refractivity contribution in [2.24, 2.45) is 0 Å². The molecule has 3 N–H and O–H groups in total. The summed E-state index contributed by atoms with van der Waals surface area (Å²) >= 11 is 0. The SMILES string of the molecule is CCCN(CCC)C(CC)C(=O)Nc1cccc(N)c1. The topological polar surface area (TPSA) is 58.4 Å². The van der Waals surface area contributed by atoms with E-state index in [1.165, 1.54) is 0 Å². The molecule has 4 nitrogen and oxygen atoms in total. The van der Waals surface area contributed by atoms with Gasteiger partial charge in [0.15, 0.2) is 0 Å². The number of rotatable bonds is 8. The van der Waals surface area contributed by atoms with Crippen LogP contribution in [0.25, 0.3) is 0 Å². The van der Waals surface area contributed by atoms with Crippen molar-refractivity contribution in [3.05, 3.63) is 24.3 Å². The van der Waals surface area contributed by atoms with Crippen LogP contribution in [-0.4, -0.2) is 29.9 Å². The predicted octanol–water partition coefficient (Wildman–Crippen LogP) is 3.11. The highest BCUT2D eigenvalue weighted by Gasteiger charge is 2.23. The van der Waals surface area contributed by atoms with E-state index < -0.39 is 0 Å². The van der Waals surface area contributed by atoms with E-state index in [1.54, 1.807) is 6.07 Å². The predicted molar refractivity (Wildman–Crippen MR) is 85.7 cm³/mol. The maximum Gasteiger partial charge on any atom is 0.241 e. The van der Waals surface area contributed by atoms with Crippen LogP contribution < -0.4 is 11.1 Å². The molecule has 0 bridgehead atoms. The first-order chi connectivity index (χ1) is 9.62. The fourth-order valence-electron chi connectivity index (χ4n) is 2.45. The van der Waals surface area contributed by atoms with Crippen molar-refractivity contribution in [1.29, 1.82) is 0 Å². The molecular formula is C16H27N3O. The van der Waals surface area contributed by atoms with Gasteiger partial charge in [0.05, 0.1) is 6.04 Å². The molecule has 112 valence electrons. The molecule has 0 radical (unpaired) electrons. The largest absolute Gasteiger partial charge is 0.399 e. The molecule has 0 saturated heterocycles. The van der Waals surface area contributed by atoms with Crippen LogP contribution in [-0.2, 0) is 4.79 Å². The van der Waals surface area contributed by atoms with Gasteiger partial charge in [-0.05, 0) is 50.6 Å². The van der Waals surface area contributed by atoms with E-state index in [0.717, 1.165) is 38.0 Å². The molecule has 0 heterocycles. The summed E-state index contributed by atoms with van der Waals surface area (Å²) in [5.41, 5.74) is 7.16. The normalized spacial score (nSPS) is 12.4. The second-order valence-electron chi connectivity index (χ2n) is 5.07. The minimum absolute atomic E-state index is 0.0556. The Bertz CT molecular complexity index is 414. The maximum absolute atomic E-state index is 12.5. The van der Waals surface area contributed by atoms with Crippen LogP contribution in [0.15, 0.2) is 24.3 Å². The molecule has 1 aromatic carbocycles. The van der Waals surface area contributed by atoms with Gasteiger partial charge < -0.3 is 11.1 Å². The monoisotopic (exact) mass is 277 g/mol. The van der Waals surface area contributed by atoms with E-state index in [1.807, 2.05) is 18.2 Å². The summed E-state index contributed by atoms with van der Waals surface area (Å²) in [6, 6.07) is 7.24. The van der Waals surface area contributed by atoms with Crippen molar-refractivity contribution in [3.8, 4) is 0 Å². The molecule has 0 saturated carbocycles. The summed E-state index contributed by atoms with van der Waals surface area (Å²) in [6.07, 6.45) is 2.93. The third kappa shape index (κ3) is 4.85. The van der Waals surface area contributed by atoms with Gasteiger partial charge in [0, 0.05) is 11.4 Å². The summed E-state index contributed by atoms with van der Waals surface area (Å²) in [5, 5.41) is 2.97. The summed E-state index contributed by atoms with van der Waals surface area (Å²) in [4.78, 5) is 14.7. The van der Waals surface area contributed by atoms with Crippen molar-refractivity contribution in [1.82, 2.24) is 4.90 Å². The van der Waals surface area contributed by atoms with Crippen LogP contribution in [0.4, 0.5) is 11.4 Å². The van der Waals surface area contributed by atoms with Gasteiger partial charge in [0.2, 0.25) is 5.91 Å². The standard InChI is InChI=1S/C16H27N3O/c1-4-10-19(11-5-2)15(6-3)16(20)18-14-9-7-8-13(17)12-14/h7-9,12,15H,4-6,10-11,17H2,1-3H3,(H,18,20). The van der Waals surface area contributed by atoms with Crippen LogP contribution in [0.3, 0.4) is 0 Å². The molecular weight excluding hydrogens is 250 g/mol. The van der Waals surface area contributed by atoms with Gasteiger partial charge in [-0.3, -0.25) is 9.69 Å². The number of hydrogen-bond acceptors (Lipinski definition) is 3. The van der Waals surface area contributed by atoms with Crippen molar-refractivity contribution in [2.75, 3.05) is 24.1 Å². The van der Waals surface area contributed by atoms with E-state index in [2.05, 4.69) is 31.0 Å². The first-order valence-corrected chi connectivity index (χ1v) is 7.52. The summed E-state index contributed by atoms with van der Waals surface area (Å²) in [5.74, 6) is 0.0556. The molecule has 1 atom stereocenters. The molecule has 1 amide bonds. The van der Waals surface area contributed by atoms with Gasteiger partial charge in [-0.2, -0.15) is 0 Å². The van der Waals surface area contributed by atoms with Gasteiger partial charge in [0.25, 0.3) is 0 Å². The van der Waals surface area contributed by atoms with Gasteiger partial charge in [-0.1, -0.05) is 26.8 Å². The zero-order chi connectivity index (χ0) is 15.0. The lowest BCUT2D eigenvalue weighted by atomic mass is 10.1. The second-order valence-corrected chi connectivity index (χ2v) is 5.07. The number of anilines is 2. The quantitative estimate of drug-likeness (QED) is 0.718. The molecule has 1 unspecified atom stereocenters. The number of nitrogens with two attached hydrogens (primary N) is 1. The summed E-state index contributed by atoms with van der Waals surface area (Å²) in [6.45, 7) is 8.26. The minimum atomic E-state index is -0.0728. The first kappa shape index (κ1) is 16.5. The molecule has 0 aliphatic rings. The van der Waals surface area contributed by atoms with Gasteiger partial charge in [-0.25, -0.2) is 0 Å². The highest BCUT2D eigenvalue weighted by atomic mass is 16.2. The third-order valence-electron chi connectivity index (χ3n) is 3.31. The summed E-state index contributed by atoms with van der Waals surface area (Å²) in [7, 11) is 0. The van der Waals surface area contributed by atoms with Crippen molar-refractivity contribution < 1.29 is 4.79 Å². The smallest absolute Gasteiger partial charge is 0.241 e. The molecule has 20 heavy (non-hydrogen) atoms. The summed E-state index contributed by atoms with van der Waals surface area (Å²) < 4.78 is 0. The lowest BCUT2D eigenvalue weighted by Crippen LogP contribution is -2.44. The lowest BCUT2D eigenvalue weighted by molar-refractivity contribution is -0.121. The van der Waals surface area contributed by atoms with Crippen molar-refractivity contribution in [3.63, 3.8) is 0 Å². The van der Waals surface area contributed by atoms with E-state index in [9.17, 15) is 4.79 Å². The number of benzene rings is 1. The highest BCUT2D eigenvalue weighted by molar-refractivity contribution is 5.95. The Balaban J connectivity index is 2.74. The van der Waals surface area contributed by atoms with E-state index >= 15 is 0 Å². The fraction of sp³-hybridized carbons (Fsp3) is 0.562. The third-order valence-corrected chi connectivity index (χ3v) is 3.31. The van der Waals surface area contributed by atoms with Crippen molar-refractivity contribution in [2.45, 2.75) is 46.1 Å². The Kier molecular flexibility index (Phi) is 7.09. The molecule has 1 aromatic rings. The number of carbonyl (C=O) groups excluding carboxylic acids is 1. The molecule has 0 aliphatic carbocycles. The minimum Gasteiger partial charge on any atom is -0.399 e. The molecule has 1 rings (SSSR count). The Hall–Kier alpha value is -1.55. The average Bonchev–Trinajstić information content (AvgIpc) is 2.40. The van der Waals surface area contributed by atoms with Gasteiger partial charge in [-0.15, -0.1) is 0 Å². The van der Waals surface area contributed by atoms with Gasteiger partial charge in [0.1, 0.15) is 0 Å². The number of nitrogens with zero attached hydrogens (tertiary/aromatic N) is 1. The molecule has 4 heteroatoms. The number of carbonyl (C=O) groups is 1. The zero-order valence-electron chi connectivity index (χ0n) is 12.9. The number of amides is 1. The van der Waals surface area contributed by atoms with E-state index in [4.69, 9.17) is 5.73 Å². The van der Waals surface area contributed by atoms with E-state index in [-0.39, 0.29) is 11.9 Å². The first-order valence-electron chi connectivity index (χ1n) is 7.52. The van der Waals surface area contributed by atoms with Crippen molar-refractivity contribution >= 4 is 17.3 Å². The molecule has 0 aromatic heterocycles. The lowest BCUT2D eigenvalue weighted by Gasteiger charge is -2.29. The zero-order valence-corrected chi connectivity index (χ0v) is 12.9. The van der Waals surface area contributed by atoms with Crippen LogP contribution in [0.5, 0.6) is 0 Å². The van der Waals surface area contributed by atoms with E-state index in [0.29, 0.717) is 5.69 Å². The molecule has 0 fully saturated rings. The Morgan fingerprint density at radius 3 is 2.40 bits per heavy atom.